The van der Waals surface area contributed by atoms with E-state index in [9.17, 15) is 4.39 Å². The zero-order chi connectivity index (χ0) is 13.3. The number of rotatable bonds is 2. The Morgan fingerprint density at radius 2 is 1.83 bits per heavy atom. The van der Waals surface area contributed by atoms with Crippen LogP contribution in [0.25, 0.3) is 0 Å². The maximum Gasteiger partial charge on any atom is 0.141 e. The highest BCUT2D eigenvalue weighted by atomic mass is 35.5. The second-order valence-electron chi connectivity index (χ2n) is 4.51. The largest absolute Gasteiger partial charge is 0.320 e. The summed E-state index contributed by atoms with van der Waals surface area (Å²) in [4.78, 5) is 0. The summed E-state index contributed by atoms with van der Waals surface area (Å²) in [6.45, 7) is 4.03. The van der Waals surface area contributed by atoms with Crippen LogP contribution in [-0.4, -0.2) is 0 Å². The summed E-state index contributed by atoms with van der Waals surface area (Å²) in [5.41, 5.74) is 10.3. The van der Waals surface area contributed by atoms with Crippen LogP contribution in [0.5, 0.6) is 0 Å². The quantitative estimate of drug-likeness (QED) is 0.866. The fourth-order valence-electron chi connectivity index (χ4n) is 1.98. The Morgan fingerprint density at radius 3 is 2.50 bits per heavy atom. The Balaban J connectivity index is 2.44. The molecule has 18 heavy (non-hydrogen) atoms. The molecule has 0 saturated heterocycles. The van der Waals surface area contributed by atoms with E-state index in [1.165, 1.54) is 6.07 Å². The van der Waals surface area contributed by atoms with Crippen molar-refractivity contribution in [2.45, 2.75) is 19.9 Å². The van der Waals surface area contributed by atoms with Crippen LogP contribution in [0.4, 0.5) is 4.39 Å². The van der Waals surface area contributed by atoms with Gasteiger partial charge < -0.3 is 5.73 Å². The zero-order valence-electron chi connectivity index (χ0n) is 10.4. The Hall–Kier alpha value is -1.38. The first-order valence-electron chi connectivity index (χ1n) is 5.76. The maximum atomic E-state index is 13.1. The molecule has 2 N–H and O–H groups in total. The lowest BCUT2D eigenvalue weighted by atomic mass is 9.94. The van der Waals surface area contributed by atoms with Crippen molar-refractivity contribution < 1.29 is 4.39 Å². The predicted molar refractivity (Wildman–Crippen MR) is 73.4 cm³/mol. The molecule has 0 aliphatic rings. The molecule has 0 aromatic heterocycles. The average molecular weight is 264 g/mol. The number of hydrogen-bond donors (Lipinski definition) is 1. The zero-order valence-corrected chi connectivity index (χ0v) is 11.1. The van der Waals surface area contributed by atoms with E-state index < -0.39 is 5.82 Å². The van der Waals surface area contributed by atoms with Gasteiger partial charge in [0.2, 0.25) is 0 Å². The lowest BCUT2D eigenvalue weighted by Gasteiger charge is -2.16. The molecule has 94 valence electrons. The summed E-state index contributed by atoms with van der Waals surface area (Å²) in [7, 11) is 0. The molecule has 0 spiro atoms. The van der Waals surface area contributed by atoms with E-state index in [1.807, 2.05) is 26.0 Å². The molecule has 2 aromatic carbocycles. The summed E-state index contributed by atoms with van der Waals surface area (Å²) in [5.74, 6) is -0.423. The molecule has 0 saturated carbocycles. The molecule has 1 unspecified atom stereocenters. The molecule has 0 bridgehead atoms. The van der Waals surface area contributed by atoms with Gasteiger partial charge in [-0.25, -0.2) is 4.39 Å². The van der Waals surface area contributed by atoms with Crippen molar-refractivity contribution in [3.63, 3.8) is 0 Å². The van der Waals surface area contributed by atoms with Crippen LogP contribution in [-0.2, 0) is 0 Å². The Labute approximate surface area is 111 Å². The van der Waals surface area contributed by atoms with Gasteiger partial charge in [-0.2, -0.15) is 0 Å². The van der Waals surface area contributed by atoms with Gasteiger partial charge in [0.15, 0.2) is 0 Å². The van der Waals surface area contributed by atoms with Gasteiger partial charge in [-0.1, -0.05) is 41.4 Å². The average Bonchev–Trinajstić information content (AvgIpc) is 2.35. The van der Waals surface area contributed by atoms with Crippen molar-refractivity contribution in [3.05, 3.63) is 69.5 Å². The smallest absolute Gasteiger partial charge is 0.141 e. The number of hydrogen-bond acceptors (Lipinski definition) is 1. The molecule has 1 nitrogen and oxygen atoms in total. The molecule has 0 radical (unpaired) electrons. The Bertz CT molecular complexity index is 581. The van der Waals surface area contributed by atoms with E-state index in [0.717, 1.165) is 22.3 Å². The summed E-state index contributed by atoms with van der Waals surface area (Å²) in [6, 6.07) is 10.5. The van der Waals surface area contributed by atoms with E-state index >= 15 is 0 Å². The van der Waals surface area contributed by atoms with E-state index in [-0.39, 0.29) is 11.1 Å². The van der Waals surface area contributed by atoms with Crippen LogP contribution in [0.2, 0.25) is 5.02 Å². The normalized spacial score (nSPS) is 12.5. The number of nitrogens with two attached hydrogens (primary N) is 1. The third-order valence-electron chi connectivity index (χ3n) is 3.07. The minimum absolute atomic E-state index is 0.105. The molecule has 0 fully saturated rings. The molecule has 0 heterocycles. The third-order valence-corrected chi connectivity index (χ3v) is 3.36. The van der Waals surface area contributed by atoms with Gasteiger partial charge in [0.1, 0.15) is 5.82 Å². The molecular weight excluding hydrogens is 249 g/mol. The topological polar surface area (TPSA) is 26.0 Å². The van der Waals surface area contributed by atoms with Crippen LogP contribution in [0.1, 0.15) is 28.3 Å². The van der Waals surface area contributed by atoms with Crippen LogP contribution in [0, 0.1) is 19.7 Å². The molecular formula is C15H15ClFN. The SMILES string of the molecule is Cc1ccc(C)c(C(N)c2ccc(F)c(Cl)c2)c1. The molecule has 2 aromatic rings. The number of aryl methyl sites for hydroxylation is 2. The lowest BCUT2D eigenvalue weighted by molar-refractivity contribution is 0.626. The minimum atomic E-state index is -0.423. The van der Waals surface area contributed by atoms with Gasteiger partial charge in [0, 0.05) is 0 Å². The Kier molecular flexibility index (Phi) is 3.69. The van der Waals surface area contributed by atoms with Crippen molar-refractivity contribution in [2.24, 2.45) is 5.73 Å². The first kappa shape index (κ1) is 13.1. The summed E-state index contributed by atoms with van der Waals surface area (Å²) < 4.78 is 13.1. The number of benzene rings is 2. The van der Waals surface area contributed by atoms with Crippen LogP contribution in [0.3, 0.4) is 0 Å². The highest BCUT2D eigenvalue weighted by Crippen LogP contribution is 2.26. The van der Waals surface area contributed by atoms with Gasteiger partial charge in [0.05, 0.1) is 11.1 Å². The molecule has 3 heteroatoms. The fraction of sp³-hybridized carbons (Fsp3) is 0.200. The van der Waals surface area contributed by atoms with E-state index in [2.05, 4.69) is 6.07 Å². The predicted octanol–water partition coefficient (Wildman–Crippen LogP) is 4.14. The maximum absolute atomic E-state index is 13.1. The van der Waals surface area contributed by atoms with E-state index in [4.69, 9.17) is 17.3 Å². The highest BCUT2D eigenvalue weighted by molar-refractivity contribution is 6.30. The fourth-order valence-corrected chi connectivity index (χ4v) is 2.17. The van der Waals surface area contributed by atoms with Gasteiger partial charge in [0.25, 0.3) is 0 Å². The summed E-state index contributed by atoms with van der Waals surface area (Å²) in [5, 5.41) is 0.105. The van der Waals surface area contributed by atoms with Crippen molar-refractivity contribution in [2.75, 3.05) is 0 Å². The molecule has 2 rings (SSSR count). The monoisotopic (exact) mass is 263 g/mol. The Morgan fingerprint density at radius 1 is 1.11 bits per heavy atom. The molecule has 0 amide bonds. The first-order valence-corrected chi connectivity index (χ1v) is 6.14. The summed E-state index contributed by atoms with van der Waals surface area (Å²) in [6.07, 6.45) is 0. The van der Waals surface area contributed by atoms with Gasteiger partial charge in [-0.05, 0) is 42.7 Å². The molecule has 0 aliphatic heterocycles. The highest BCUT2D eigenvalue weighted by Gasteiger charge is 2.13. The van der Waals surface area contributed by atoms with Crippen molar-refractivity contribution in [3.8, 4) is 0 Å². The van der Waals surface area contributed by atoms with Gasteiger partial charge in [-0.3, -0.25) is 0 Å². The van der Waals surface area contributed by atoms with E-state index in [0.29, 0.717) is 0 Å². The standard InChI is InChI=1S/C15H15ClFN/c1-9-3-4-10(2)12(7-9)15(18)11-5-6-14(17)13(16)8-11/h3-8,15H,18H2,1-2H3. The second-order valence-corrected chi connectivity index (χ2v) is 4.92. The van der Waals surface area contributed by atoms with Crippen molar-refractivity contribution >= 4 is 11.6 Å². The van der Waals surface area contributed by atoms with Gasteiger partial charge in [-0.15, -0.1) is 0 Å². The number of halogens is 2. The third kappa shape index (κ3) is 2.55. The summed E-state index contributed by atoms with van der Waals surface area (Å²) >= 11 is 5.79. The first-order chi connectivity index (χ1) is 8.49. The van der Waals surface area contributed by atoms with Crippen LogP contribution >= 0.6 is 11.6 Å². The van der Waals surface area contributed by atoms with Crippen LogP contribution < -0.4 is 5.73 Å². The van der Waals surface area contributed by atoms with E-state index in [1.54, 1.807) is 12.1 Å². The second kappa shape index (κ2) is 5.09. The molecule has 0 aliphatic carbocycles. The van der Waals surface area contributed by atoms with Gasteiger partial charge >= 0.3 is 0 Å². The van der Waals surface area contributed by atoms with Crippen LogP contribution in [0.15, 0.2) is 36.4 Å². The van der Waals surface area contributed by atoms with Crippen molar-refractivity contribution in [1.82, 2.24) is 0 Å². The van der Waals surface area contributed by atoms with Crippen molar-refractivity contribution in [1.29, 1.82) is 0 Å². The minimum Gasteiger partial charge on any atom is -0.320 e. The molecule has 1 atom stereocenters. The lowest BCUT2D eigenvalue weighted by Crippen LogP contribution is -2.13.